The number of benzene rings is 3. The topological polar surface area (TPSA) is 92.7 Å². The van der Waals surface area contributed by atoms with Gasteiger partial charge in [0.1, 0.15) is 5.54 Å². The van der Waals surface area contributed by atoms with Crippen LogP contribution in [0.3, 0.4) is 0 Å². The zero-order valence-electron chi connectivity index (χ0n) is 20.5. The van der Waals surface area contributed by atoms with Gasteiger partial charge in [0.2, 0.25) is 11.8 Å². The van der Waals surface area contributed by atoms with Gasteiger partial charge in [0, 0.05) is 25.5 Å². The van der Waals surface area contributed by atoms with Crippen LogP contribution in [-0.4, -0.2) is 31.4 Å². The molecule has 0 aliphatic carbocycles. The van der Waals surface area contributed by atoms with Crippen molar-refractivity contribution in [1.29, 1.82) is 0 Å². The lowest BCUT2D eigenvalue weighted by molar-refractivity contribution is -0.133. The van der Waals surface area contributed by atoms with Gasteiger partial charge in [0.05, 0.1) is 12.5 Å². The molecule has 1 aliphatic rings. The summed E-state index contributed by atoms with van der Waals surface area (Å²) in [6.45, 7) is 0.368. The van der Waals surface area contributed by atoms with Crippen LogP contribution in [-0.2, 0) is 29.0 Å². The van der Waals surface area contributed by atoms with Crippen molar-refractivity contribution in [2.75, 3.05) is 23.9 Å². The number of anilines is 2. The van der Waals surface area contributed by atoms with Gasteiger partial charge >= 0.3 is 0 Å². The van der Waals surface area contributed by atoms with Crippen molar-refractivity contribution in [2.45, 2.75) is 37.8 Å². The highest BCUT2D eigenvalue weighted by molar-refractivity contribution is 6.04. The average molecular weight is 471 g/mol. The molecule has 0 radical (unpaired) electrons. The van der Waals surface area contributed by atoms with E-state index in [1.165, 1.54) is 0 Å². The van der Waals surface area contributed by atoms with Crippen LogP contribution >= 0.6 is 0 Å². The zero-order chi connectivity index (χ0) is 25.0. The Morgan fingerprint density at radius 3 is 2.29 bits per heavy atom. The molecule has 0 saturated heterocycles. The van der Waals surface area contributed by atoms with Crippen molar-refractivity contribution in [1.82, 2.24) is 0 Å². The highest BCUT2D eigenvalue weighted by atomic mass is 16.2. The first kappa shape index (κ1) is 24.5. The first-order valence-electron chi connectivity index (χ1n) is 12.1. The Morgan fingerprint density at radius 2 is 1.63 bits per heavy atom. The van der Waals surface area contributed by atoms with E-state index in [4.69, 9.17) is 11.5 Å². The third-order valence-corrected chi connectivity index (χ3v) is 7.06. The Bertz CT molecular complexity index is 1180. The summed E-state index contributed by atoms with van der Waals surface area (Å²) in [5, 5.41) is 0. The number of carbonyl (C=O) groups excluding carboxylic acids is 2. The van der Waals surface area contributed by atoms with Crippen LogP contribution < -0.4 is 21.3 Å². The van der Waals surface area contributed by atoms with E-state index in [1.54, 1.807) is 4.90 Å². The molecule has 1 aliphatic heterocycles. The Morgan fingerprint density at radius 1 is 0.971 bits per heavy atom. The summed E-state index contributed by atoms with van der Waals surface area (Å²) < 4.78 is 0. The lowest BCUT2D eigenvalue weighted by atomic mass is 9.76. The molecule has 4 rings (SSSR count). The van der Waals surface area contributed by atoms with E-state index in [9.17, 15) is 9.59 Å². The molecular weight excluding hydrogens is 436 g/mol. The summed E-state index contributed by atoms with van der Waals surface area (Å²) >= 11 is 0. The fourth-order valence-corrected chi connectivity index (χ4v) is 4.97. The third kappa shape index (κ3) is 5.23. The summed E-state index contributed by atoms with van der Waals surface area (Å²) in [4.78, 5) is 30.6. The number of primary amides is 1. The highest BCUT2D eigenvalue weighted by Crippen LogP contribution is 2.36. The molecule has 0 saturated carbocycles. The first-order valence-corrected chi connectivity index (χ1v) is 12.1. The number of amides is 2. The summed E-state index contributed by atoms with van der Waals surface area (Å²) in [6.07, 6.45) is 2.01. The quantitative estimate of drug-likeness (QED) is 0.525. The number of rotatable bonds is 8. The molecule has 0 unspecified atom stereocenters. The monoisotopic (exact) mass is 470 g/mol. The van der Waals surface area contributed by atoms with E-state index in [0.29, 0.717) is 32.2 Å². The van der Waals surface area contributed by atoms with Crippen molar-refractivity contribution in [3.8, 4) is 0 Å². The van der Waals surface area contributed by atoms with Crippen LogP contribution in [0.4, 0.5) is 11.4 Å². The number of fused-ring (bicyclic) bond motifs is 1. The number of carbonyl (C=O) groups is 2. The highest BCUT2D eigenvalue weighted by Gasteiger charge is 2.48. The molecule has 3 aromatic carbocycles. The molecule has 6 heteroatoms. The van der Waals surface area contributed by atoms with Crippen LogP contribution in [0.1, 0.15) is 29.5 Å². The molecule has 2 amide bonds. The van der Waals surface area contributed by atoms with Gasteiger partial charge in [-0.3, -0.25) is 9.59 Å². The van der Waals surface area contributed by atoms with Gasteiger partial charge in [-0.05, 0) is 60.6 Å². The average Bonchev–Trinajstić information content (AvgIpc) is 2.96. The van der Waals surface area contributed by atoms with Crippen LogP contribution in [0.5, 0.6) is 0 Å². The molecule has 35 heavy (non-hydrogen) atoms. The van der Waals surface area contributed by atoms with Crippen LogP contribution in [0.2, 0.25) is 0 Å². The Labute approximate surface area is 207 Å². The maximum Gasteiger partial charge on any atom is 0.248 e. The summed E-state index contributed by atoms with van der Waals surface area (Å²) in [5.41, 5.74) is 16.4. The molecule has 2 atom stereocenters. The molecule has 0 aromatic heterocycles. The number of para-hydroxylation sites is 1. The lowest BCUT2D eigenvalue weighted by Gasteiger charge is -2.37. The second-order valence-electron chi connectivity index (χ2n) is 9.60. The molecule has 0 spiro atoms. The largest absolute Gasteiger partial charge is 0.378 e. The smallest absolute Gasteiger partial charge is 0.248 e. The predicted molar refractivity (Wildman–Crippen MR) is 141 cm³/mol. The number of nitrogens with two attached hydrogens (primary N) is 2. The Balaban J connectivity index is 1.67. The molecule has 4 N–H and O–H groups in total. The van der Waals surface area contributed by atoms with Gasteiger partial charge in [-0.2, -0.15) is 0 Å². The Hall–Kier alpha value is -3.64. The number of hydrogen-bond acceptors (Lipinski definition) is 4. The lowest BCUT2D eigenvalue weighted by Crippen LogP contribution is -2.62. The second kappa shape index (κ2) is 10.3. The fraction of sp³-hybridized carbons (Fsp3) is 0.310. The molecule has 182 valence electrons. The van der Waals surface area contributed by atoms with Gasteiger partial charge in [-0.25, -0.2) is 0 Å². The Kier molecular flexibility index (Phi) is 7.22. The SMILES string of the molecule is CN(C)c1ccc(CN2C(=O)[C@@](N)([C@H](CCc3ccccc3)C(N)=O)CCc3ccccc32)cc1. The standard InChI is InChI=1S/C29H34N4O2/c1-32(2)24-15-12-22(13-16-24)20-33-26-11-7-6-10-23(26)18-19-29(31,28(33)35)25(27(30)34)17-14-21-8-4-3-5-9-21/h3-13,15-16,25H,14,17-20,31H2,1-2H3,(H2,30,34)/t25-,29+/m1/s1. The number of aryl methyl sites for hydroxylation is 2. The van der Waals surface area contributed by atoms with Crippen molar-refractivity contribution >= 4 is 23.2 Å². The van der Waals surface area contributed by atoms with Crippen molar-refractivity contribution < 1.29 is 9.59 Å². The molecule has 0 bridgehead atoms. The molecule has 1 heterocycles. The van der Waals surface area contributed by atoms with E-state index in [-0.39, 0.29) is 5.91 Å². The minimum atomic E-state index is -1.39. The second-order valence-corrected chi connectivity index (χ2v) is 9.60. The summed E-state index contributed by atoms with van der Waals surface area (Å²) in [7, 11) is 3.98. The van der Waals surface area contributed by atoms with Gasteiger partial charge < -0.3 is 21.3 Å². The molecular formula is C29H34N4O2. The van der Waals surface area contributed by atoms with Crippen LogP contribution in [0, 0.1) is 5.92 Å². The van der Waals surface area contributed by atoms with Gasteiger partial charge in [-0.1, -0.05) is 60.7 Å². The van der Waals surface area contributed by atoms with E-state index in [1.807, 2.05) is 97.9 Å². The molecule has 0 fully saturated rings. The number of hydrogen-bond donors (Lipinski definition) is 2. The normalized spacial score (nSPS) is 18.5. The summed E-state index contributed by atoms with van der Waals surface area (Å²) in [5.74, 6) is -1.56. The minimum absolute atomic E-state index is 0.254. The molecule has 3 aromatic rings. The fourth-order valence-electron chi connectivity index (χ4n) is 4.97. The minimum Gasteiger partial charge on any atom is -0.378 e. The summed E-state index contributed by atoms with van der Waals surface area (Å²) in [6, 6.07) is 25.9. The van der Waals surface area contributed by atoms with Crippen molar-refractivity contribution in [3.05, 3.63) is 95.6 Å². The van der Waals surface area contributed by atoms with Crippen molar-refractivity contribution in [2.24, 2.45) is 17.4 Å². The predicted octanol–water partition coefficient (Wildman–Crippen LogP) is 3.66. The van der Waals surface area contributed by atoms with E-state index < -0.39 is 17.4 Å². The van der Waals surface area contributed by atoms with Crippen LogP contribution in [0.25, 0.3) is 0 Å². The van der Waals surface area contributed by atoms with Gasteiger partial charge in [0.15, 0.2) is 0 Å². The van der Waals surface area contributed by atoms with E-state index >= 15 is 0 Å². The van der Waals surface area contributed by atoms with Gasteiger partial charge in [0.25, 0.3) is 0 Å². The van der Waals surface area contributed by atoms with Crippen molar-refractivity contribution in [3.63, 3.8) is 0 Å². The van der Waals surface area contributed by atoms with E-state index in [2.05, 4.69) is 0 Å². The van der Waals surface area contributed by atoms with E-state index in [0.717, 1.165) is 28.1 Å². The zero-order valence-corrected chi connectivity index (χ0v) is 20.5. The third-order valence-electron chi connectivity index (χ3n) is 7.06. The van der Waals surface area contributed by atoms with Crippen LogP contribution in [0.15, 0.2) is 78.9 Å². The van der Waals surface area contributed by atoms with Gasteiger partial charge in [-0.15, -0.1) is 0 Å². The number of nitrogens with zero attached hydrogens (tertiary/aromatic N) is 2. The maximum atomic E-state index is 14.2. The molecule has 6 nitrogen and oxygen atoms in total. The first-order chi connectivity index (χ1) is 16.8. The maximum absolute atomic E-state index is 14.2.